The molecule has 0 aliphatic carbocycles. The summed E-state index contributed by atoms with van der Waals surface area (Å²) in [6, 6.07) is 11.0. The smallest absolute Gasteiger partial charge is 0.251 e. The predicted molar refractivity (Wildman–Crippen MR) is 86.9 cm³/mol. The van der Waals surface area contributed by atoms with Gasteiger partial charge in [0.15, 0.2) is 11.6 Å². The van der Waals surface area contributed by atoms with Gasteiger partial charge in [-0.25, -0.2) is 4.39 Å². The van der Waals surface area contributed by atoms with Gasteiger partial charge in [0.2, 0.25) is 0 Å². The van der Waals surface area contributed by atoms with Crippen molar-refractivity contribution in [2.75, 3.05) is 13.2 Å². The van der Waals surface area contributed by atoms with Crippen LogP contribution in [0.3, 0.4) is 0 Å². The second kappa shape index (κ2) is 7.74. The number of hydrogen-bond acceptors (Lipinski definition) is 3. The number of nitrogens with one attached hydrogen (secondary N) is 1. The third-order valence-electron chi connectivity index (χ3n) is 3.27. The van der Waals surface area contributed by atoms with Crippen molar-refractivity contribution < 1.29 is 19.0 Å². The van der Waals surface area contributed by atoms with Crippen LogP contribution >= 0.6 is 0 Å². The maximum Gasteiger partial charge on any atom is 0.251 e. The minimum Gasteiger partial charge on any atom is -0.505 e. The maximum absolute atomic E-state index is 13.4. The topological polar surface area (TPSA) is 58.6 Å². The second-order valence-corrected chi connectivity index (χ2v) is 5.42. The summed E-state index contributed by atoms with van der Waals surface area (Å²) in [6.45, 7) is 4.79. The van der Waals surface area contributed by atoms with Gasteiger partial charge in [-0.1, -0.05) is 18.2 Å². The molecule has 0 unspecified atom stereocenters. The fourth-order valence-electron chi connectivity index (χ4n) is 2.06. The fraction of sp³-hybridized carbons (Fsp3) is 0.278. The maximum atomic E-state index is 13.4. The summed E-state index contributed by atoms with van der Waals surface area (Å²) in [5.74, 6) is -1.23. The molecule has 2 aromatic rings. The monoisotopic (exact) mass is 317 g/mol. The molecule has 0 atom stereocenters. The normalized spacial score (nSPS) is 10.8. The standard InChI is InChI=1S/C18H20FNO3/c1-12(2)23-10-9-20-18(22)14-5-3-13(4-6-14)15-7-8-17(21)16(19)11-15/h3-8,11-12,21H,9-10H2,1-2H3,(H,20,22). The summed E-state index contributed by atoms with van der Waals surface area (Å²) < 4.78 is 18.7. The quantitative estimate of drug-likeness (QED) is 0.803. The third-order valence-corrected chi connectivity index (χ3v) is 3.27. The number of phenolic OH excluding ortho intramolecular Hbond substituents is 1. The molecule has 2 rings (SSSR count). The van der Waals surface area contributed by atoms with Crippen molar-refractivity contribution in [2.45, 2.75) is 20.0 Å². The van der Waals surface area contributed by atoms with Crippen LogP contribution in [0.4, 0.5) is 4.39 Å². The molecule has 0 heterocycles. The lowest BCUT2D eigenvalue weighted by Gasteiger charge is -2.09. The van der Waals surface area contributed by atoms with E-state index in [0.29, 0.717) is 24.3 Å². The van der Waals surface area contributed by atoms with Gasteiger partial charge < -0.3 is 15.2 Å². The Morgan fingerprint density at radius 3 is 2.43 bits per heavy atom. The Labute approximate surface area is 134 Å². The molecule has 4 nitrogen and oxygen atoms in total. The SMILES string of the molecule is CC(C)OCCNC(=O)c1ccc(-c2ccc(O)c(F)c2)cc1. The van der Waals surface area contributed by atoms with Crippen molar-refractivity contribution in [3.8, 4) is 16.9 Å². The van der Waals surface area contributed by atoms with Crippen LogP contribution in [0.15, 0.2) is 42.5 Å². The van der Waals surface area contributed by atoms with Gasteiger partial charge in [0, 0.05) is 12.1 Å². The van der Waals surface area contributed by atoms with Gasteiger partial charge in [0.1, 0.15) is 0 Å². The number of phenols is 1. The number of ether oxygens (including phenoxy) is 1. The molecule has 0 aliphatic heterocycles. The molecule has 0 saturated heterocycles. The van der Waals surface area contributed by atoms with E-state index in [1.807, 2.05) is 13.8 Å². The summed E-state index contributed by atoms with van der Waals surface area (Å²) in [6.07, 6.45) is 0.136. The minimum atomic E-state index is -0.672. The first-order valence-corrected chi connectivity index (χ1v) is 7.46. The number of aromatic hydroxyl groups is 1. The Hall–Kier alpha value is -2.40. The minimum absolute atomic E-state index is 0.136. The van der Waals surface area contributed by atoms with Crippen LogP contribution in [0.2, 0.25) is 0 Å². The van der Waals surface area contributed by atoms with Crippen LogP contribution in [-0.2, 0) is 4.74 Å². The molecule has 0 spiro atoms. The average molecular weight is 317 g/mol. The van der Waals surface area contributed by atoms with Gasteiger partial charge in [-0.05, 0) is 49.2 Å². The highest BCUT2D eigenvalue weighted by molar-refractivity contribution is 5.94. The molecule has 0 aliphatic rings. The predicted octanol–water partition coefficient (Wildman–Crippen LogP) is 3.35. The molecular weight excluding hydrogens is 297 g/mol. The lowest BCUT2D eigenvalue weighted by atomic mass is 10.0. The van der Waals surface area contributed by atoms with Crippen molar-refractivity contribution >= 4 is 5.91 Å². The van der Waals surface area contributed by atoms with Crippen molar-refractivity contribution in [2.24, 2.45) is 0 Å². The summed E-state index contributed by atoms with van der Waals surface area (Å²) >= 11 is 0. The fourth-order valence-corrected chi connectivity index (χ4v) is 2.06. The van der Waals surface area contributed by atoms with Gasteiger partial charge in [0.25, 0.3) is 5.91 Å². The Morgan fingerprint density at radius 1 is 1.17 bits per heavy atom. The number of amides is 1. The number of benzene rings is 2. The molecule has 0 aromatic heterocycles. The Kier molecular flexibility index (Phi) is 5.71. The Morgan fingerprint density at radius 2 is 1.83 bits per heavy atom. The zero-order valence-corrected chi connectivity index (χ0v) is 13.2. The first kappa shape index (κ1) is 17.0. The first-order valence-electron chi connectivity index (χ1n) is 7.46. The molecule has 2 N–H and O–H groups in total. The zero-order chi connectivity index (χ0) is 16.8. The van der Waals surface area contributed by atoms with E-state index in [0.717, 1.165) is 5.56 Å². The molecule has 0 saturated carbocycles. The molecule has 2 aromatic carbocycles. The molecule has 0 bridgehead atoms. The van der Waals surface area contributed by atoms with Crippen LogP contribution in [-0.4, -0.2) is 30.3 Å². The van der Waals surface area contributed by atoms with Crippen LogP contribution in [0.25, 0.3) is 11.1 Å². The van der Waals surface area contributed by atoms with Gasteiger partial charge in [-0.3, -0.25) is 4.79 Å². The molecular formula is C18H20FNO3. The van der Waals surface area contributed by atoms with Crippen LogP contribution in [0.1, 0.15) is 24.2 Å². The van der Waals surface area contributed by atoms with Crippen molar-refractivity contribution in [1.29, 1.82) is 0 Å². The molecule has 0 fully saturated rings. The molecule has 122 valence electrons. The highest BCUT2D eigenvalue weighted by Crippen LogP contribution is 2.25. The largest absolute Gasteiger partial charge is 0.505 e. The van der Waals surface area contributed by atoms with Crippen LogP contribution in [0, 0.1) is 5.82 Å². The molecule has 23 heavy (non-hydrogen) atoms. The van der Waals surface area contributed by atoms with E-state index >= 15 is 0 Å². The van der Waals surface area contributed by atoms with E-state index in [4.69, 9.17) is 4.74 Å². The van der Waals surface area contributed by atoms with Crippen LogP contribution in [0.5, 0.6) is 5.75 Å². The van der Waals surface area contributed by atoms with E-state index in [2.05, 4.69) is 5.32 Å². The average Bonchev–Trinajstić information content (AvgIpc) is 2.54. The lowest BCUT2D eigenvalue weighted by Crippen LogP contribution is -2.27. The summed E-state index contributed by atoms with van der Waals surface area (Å²) in [7, 11) is 0. The summed E-state index contributed by atoms with van der Waals surface area (Å²) in [4.78, 5) is 12.0. The van der Waals surface area contributed by atoms with Crippen LogP contribution < -0.4 is 5.32 Å². The van der Waals surface area contributed by atoms with Crippen molar-refractivity contribution in [1.82, 2.24) is 5.32 Å². The number of hydrogen-bond donors (Lipinski definition) is 2. The van der Waals surface area contributed by atoms with E-state index in [1.54, 1.807) is 30.3 Å². The lowest BCUT2D eigenvalue weighted by molar-refractivity contribution is 0.0746. The van der Waals surface area contributed by atoms with E-state index in [9.17, 15) is 14.3 Å². The van der Waals surface area contributed by atoms with Gasteiger partial charge >= 0.3 is 0 Å². The Balaban J connectivity index is 1.98. The molecule has 5 heteroatoms. The van der Waals surface area contributed by atoms with Gasteiger partial charge in [-0.2, -0.15) is 0 Å². The Bertz CT molecular complexity index is 668. The number of carbonyl (C=O) groups is 1. The van der Waals surface area contributed by atoms with Crippen molar-refractivity contribution in [3.63, 3.8) is 0 Å². The zero-order valence-electron chi connectivity index (χ0n) is 13.2. The molecule has 1 amide bonds. The highest BCUT2D eigenvalue weighted by Gasteiger charge is 2.07. The second-order valence-electron chi connectivity index (χ2n) is 5.42. The molecule has 0 radical (unpaired) electrons. The van der Waals surface area contributed by atoms with Gasteiger partial charge in [-0.15, -0.1) is 0 Å². The first-order chi connectivity index (χ1) is 11.0. The van der Waals surface area contributed by atoms with E-state index in [-0.39, 0.29) is 17.8 Å². The van der Waals surface area contributed by atoms with Gasteiger partial charge in [0.05, 0.1) is 12.7 Å². The van der Waals surface area contributed by atoms with Crippen molar-refractivity contribution in [3.05, 3.63) is 53.8 Å². The number of halogens is 1. The number of rotatable bonds is 6. The third kappa shape index (κ3) is 4.79. The van der Waals surface area contributed by atoms with E-state index < -0.39 is 5.82 Å². The summed E-state index contributed by atoms with van der Waals surface area (Å²) in [5, 5.41) is 12.0. The summed E-state index contributed by atoms with van der Waals surface area (Å²) in [5.41, 5.74) is 1.93. The van der Waals surface area contributed by atoms with E-state index in [1.165, 1.54) is 12.1 Å². The highest BCUT2D eigenvalue weighted by atomic mass is 19.1. The number of carbonyl (C=O) groups excluding carboxylic acids is 1.